The first-order valence-corrected chi connectivity index (χ1v) is 8.07. The first-order valence-electron chi connectivity index (χ1n) is 7.70. The number of benzene rings is 1. The highest BCUT2D eigenvalue weighted by Crippen LogP contribution is 2.30. The van der Waals surface area contributed by atoms with Crippen LogP contribution in [0, 0.1) is 6.92 Å². The minimum absolute atomic E-state index is 0.242. The number of halogens is 1. The van der Waals surface area contributed by atoms with Crippen molar-refractivity contribution in [2.45, 2.75) is 33.2 Å². The molecule has 124 valence electrons. The van der Waals surface area contributed by atoms with Crippen LogP contribution in [0.25, 0.3) is 16.7 Å². The molecular formula is C18H19ClN4O. The number of carbonyl (C=O) groups excluding carboxylic acids is 1. The fourth-order valence-electron chi connectivity index (χ4n) is 2.52. The summed E-state index contributed by atoms with van der Waals surface area (Å²) in [5.74, 6) is -0.242. The number of aryl methyl sites for hydroxylation is 1. The lowest BCUT2D eigenvalue weighted by molar-refractivity contribution is 0.0919. The van der Waals surface area contributed by atoms with Crippen LogP contribution in [0.4, 0.5) is 0 Å². The number of hydrogen-bond acceptors (Lipinski definition) is 3. The van der Waals surface area contributed by atoms with Crippen LogP contribution >= 0.6 is 11.6 Å². The Labute approximate surface area is 145 Å². The van der Waals surface area contributed by atoms with Crippen LogP contribution in [0.3, 0.4) is 0 Å². The lowest BCUT2D eigenvalue weighted by atomic mass is 10.1. The molecule has 0 saturated carbocycles. The number of carbonyl (C=O) groups is 1. The van der Waals surface area contributed by atoms with E-state index in [1.54, 1.807) is 4.68 Å². The van der Waals surface area contributed by atoms with E-state index in [4.69, 9.17) is 11.6 Å². The summed E-state index contributed by atoms with van der Waals surface area (Å²) in [6, 6.07) is 9.70. The largest absolute Gasteiger partial charge is 0.347 e. The molecule has 0 fully saturated rings. The van der Waals surface area contributed by atoms with E-state index in [1.165, 1.54) is 6.20 Å². The maximum Gasteiger partial charge on any atom is 0.254 e. The van der Waals surface area contributed by atoms with E-state index in [0.717, 1.165) is 11.4 Å². The summed E-state index contributed by atoms with van der Waals surface area (Å²) in [4.78, 5) is 16.9. The third-order valence-corrected chi connectivity index (χ3v) is 3.93. The Morgan fingerprint density at radius 1 is 1.21 bits per heavy atom. The molecule has 1 N–H and O–H groups in total. The standard InChI is InChI=1S/C18H19ClN4O/c1-11-14-15(19)13(17(24)21-18(2,3)4)10-20-16(14)23(22-11)12-8-6-5-7-9-12/h5-10H,1-4H3,(H,21,24). The van der Waals surface area contributed by atoms with Gasteiger partial charge >= 0.3 is 0 Å². The monoisotopic (exact) mass is 342 g/mol. The van der Waals surface area contributed by atoms with Crippen LogP contribution in [-0.2, 0) is 0 Å². The van der Waals surface area contributed by atoms with Crippen LogP contribution < -0.4 is 5.32 Å². The van der Waals surface area contributed by atoms with Crippen LogP contribution in [0.2, 0.25) is 5.02 Å². The molecule has 2 aromatic heterocycles. The molecular weight excluding hydrogens is 324 g/mol. The van der Waals surface area contributed by atoms with Gasteiger partial charge in [-0.25, -0.2) is 9.67 Å². The predicted molar refractivity (Wildman–Crippen MR) is 95.8 cm³/mol. The highest BCUT2D eigenvalue weighted by molar-refractivity contribution is 6.38. The average molecular weight is 343 g/mol. The maximum atomic E-state index is 12.5. The SMILES string of the molecule is Cc1nn(-c2ccccc2)c2ncc(C(=O)NC(C)(C)C)c(Cl)c12. The van der Waals surface area contributed by atoms with Gasteiger partial charge in [0.15, 0.2) is 5.65 Å². The Morgan fingerprint density at radius 2 is 1.88 bits per heavy atom. The summed E-state index contributed by atoms with van der Waals surface area (Å²) in [5, 5.41) is 8.51. The second-order valence-electron chi connectivity index (χ2n) is 6.72. The van der Waals surface area contributed by atoms with E-state index < -0.39 is 0 Å². The molecule has 24 heavy (non-hydrogen) atoms. The zero-order chi connectivity index (χ0) is 17.5. The van der Waals surface area contributed by atoms with E-state index in [0.29, 0.717) is 21.6 Å². The summed E-state index contributed by atoms with van der Waals surface area (Å²) in [5.41, 5.74) is 2.27. The van der Waals surface area contributed by atoms with E-state index >= 15 is 0 Å². The van der Waals surface area contributed by atoms with Gasteiger partial charge in [-0.3, -0.25) is 4.79 Å². The number of para-hydroxylation sites is 1. The van der Waals surface area contributed by atoms with Crippen molar-refractivity contribution >= 4 is 28.5 Å². The number of aromatic nitrogens is 3. The Balaban J connectivity index is 2.14. The van der Waals surface area contributed by atoms with Crippen molar-refractivity contribution in [3.05, 3.63) is 52.8 Å². The normalized spacial score (nSPS) is 11.7. The number of pyridine rings is 1. The molecule has 0 aliphatic heterocycles. The summed E-state index contributed by atoms with van der Waals surface area (Å²) >= 11 is 6.52. The number of nitrogens with zero attached hydrogens (tertiary/aromatic N) is 3. The van der Waals surface area contributed by atoms with Crippen LogP contribution in [0.1, 0.15) is 36.8 Å². The Kier molecular flexibility index (Phi) is 4.05. The van der Waals surface area contributed by atoms with Gasteiger partial charge in [-0.1, -0.05) is 29.8 Å². The smallest absolute Gasteiger partial charge is 0.254 e. The van der Waals surface area contributed by atoms with Crippen molar-refractivity contribution in [3.63, 3.8) is 0 Å². The minimum Gasteiger partial charge on any atom is -0.347 e. The van der Waals surface area contributed by atoms with Crippen LogP contribution in [-0.4, -0.2) is 26.2 Å². The topological polar surface area (TPSA) is 59.8 Å². The van der Waals surface area contributed by atoms with Crippen molar-refractivity contribution in [2.24, 2.45) is 0 Å². The third-order valence-electron chi connectivity index (χ3n) is 3.54. The third kappa shape index (κ3) is 2.99. The molecule has 0 aliphatic carbocycles. The molecule has 2 heterocycles. The Bertz CT molecular complexity index is 910. The number of rotatable bonds is 2. The molecule has 1 aromatic carbocycles. The summed E-state index contributed by atoms with van der Waals surface area (Å²) in [7, 11) is 0. The lowest BCUT2D eigenvalue weighted by Crippen LogP contribution is -2.40. The van der Waals surface area contributed by atoms with Crippen molar-refractivity contribution < 1.29 is 4.79 Å². The zero-order valence-electron chi connectivity index (χ0n) is 14.1. The van der Waals surface area contributed by atoms with Gasteiger partial charge in [-0.05, 0) is 39.8 Å². The van der Waals surface area contributed by atoms with E-state index in [2.05, 4.69) is 15.4 Å². The molecule has 0 aliphatic rings. The maximum absolute atomic E-state index is 12.5. The fraction of sp³-hybridized carbons (Fsp3) is 0.278. The summed E-state index contributed by atoms with van der Waals surface area (Å²) in [6.07, 6.45) is 1.51. The molecule has 1 amide bonds. The van der Waals surface area contributed by atoms with Gasteiger partial charge in [0.05, 0.1) is 27.4 Å². The van der Waals surface area contributed by atoms with Gasteiger partial charge in [-0.2, -0.15) is 5.10 Å². The highest BCUT2D eigenvalue weighted by atomic mass is 35.5. The highest BCUT2D eigenvalue weighted by Gasteiger charge is 2.22. The zero-order valence-corrected chi connectivity index (χ0v) is 14.8. The number of fused-ring (bicyclic) bond motifs is 1. The van der Waals surface area contributed by atoms with E-state index in [9.17, 15) is 4.79 Å². The number of amides is 1. The fourth-order valence-corrected chi connectivity index (χ4v) is 2.88. The average Bonchev–Trinajstić information content (AvgIpc) is 2.84. The first kappa shape index (κ1) is 16.5. The van der Waals surface area contributed by atoms with Crippen LogP contribution in [0.5, 0.6) is 0 Å². The molecule has 0 atom stereocenters. The first-order chi connectivity index (χ1) is 11.3. The predicted octanol–water partition coefficient (Wildman–Crippen LogP) is 3.91. The van der Waals surface area contributed by atoms with Gasteiger partial charge in [0.25, 0.3) is 5.91 Å². The molecule has 0 saturated heterocycles. The van der Waals surface area contributed by atoms with Crippen LogP contribution in [0.15, 0.2) is 36.5 Å². The van der Waals surface area contributed by atoms with Gasteiger partial charge in [-0.15, -0.1) is 0 Å². The molecule has 0 radical (unpaired) electrons. The quantitative estimate of drug-likeness (QED) is 0.768. The van der Waals surface area contributed by atoms with Gasteiger partial charge in [0.1, 0.15) is 0 Å². The lowest BCUT2D eigenvalue weighted by Gasteiger charge is -2.20. The van der Waals surface area contributed by atoms with E-state index in [1.807, 2.05) is 58.0 Å². The molecule has 0 unspecified atom stereocenters. The van der Waals surface area contributed by atoms with Crippen molar-refractivity contribution in [1.82, 2.24) is 20.1 Å². The van der Waals surface area contributed by atoms with Gasteiger partial charge < -0.3 is 5.32 Å². The van der Waals surface area contributed by atoms with Crippen molar-refractivity contribution in [2.75, 3.05) is 0 Å². The van der Waals surface area contributed by atoms with E-state index in [-0.39, 0.29) is 11.4 Å². The second-order valence-corrected chi connectivity index (χ2v) is 7.10. The Hall–Kier alpha value is -2.40. The summed E-state index contributed by atoms with van der Waals surface area (Å²) in [6.45, 7) is 7.62. The van der Waals surface area contributed by atoms with Gasteiger partial charge in [0, 0.05) is 11.7 Å². The number of nitrogens with one attached hydrogen (secondary N) is 1. The second kappa shape index (κ2) is 5.91. The summed E-state index contributed by atoms with van der Waals surface area (Å²) < 4.78 is 1.74. The molecule has 0 spiro atoms. The molecule has 3 aromatic rings. The molecule has 5 nitrogen and oxygen atoms in total. The molecule has 3 rings (SSSR count). The number of hydrogen-bond donors (Lipinski definition) is 1. The molecule has 0 bridgehead atoms. The minimum atomic E-state index is -0.349. The molecule has 6 heteroatoms. The van der Waals surface area contributed by atoms with Crippen molar-refractivity contribution in [3.8, 4) is 5.69 Å². The van der Waals surface area contributed by atoms with Crippen molar-refractivity contribution in [1.29, 1.82) is 0 Å². The Morgan fingerprint density at radius 3 is 2.50 bits per heavy atom. The van der Waals surface area contributed by atoms with Gasteiger partial charge in [0.2, 0.25) is 0 Å².